The summed E-state index contributed by atoms with van der Waals surface area (Å²) in [5.74, 6) is 0. The molecule has 0 aliphatic heterocycles. The van der Waals surface area contributed by atoms with E-state index < -0.39 is 0 Å². The molecule has 0 spiro atoms. The van der Waals surface area contributed by atoms with Crippen molar-refractivity contribution in [2.45, 2.75) is 27.3 Å². The molecule has 80 valence electrons. The standard InChI is InChI=1S/C8H12ClN3.C2H6/c1-2-11-4-6-3-7(10)8(9)12-5-6;1-2/h3,5,11H,2,4,10H2,1H3;1-2H3. The lowest BCUT2D eigenvalue weighted by Crippen LogP contribution is -2.12. The third-order valence-corrected chi connectivity index (χ3v) is 1.82. The van der Waals surface area contributed by atoms with E-state index in [9.17, 15) is 0 Å². The van der Waals surface area contributed by atoms with Gasteiger partial charge in [0.1, 0.15) is 0 Å². The number of aromatic nitrogens is 1. The molecule has 0 saturated carbocycles. The second-order valence-corrected chi connectivity index (χ2v) is 2.86. The highest BCUT2D eigenvalue weighted by Crippen LogP contribution is 2.15. The van der Waals surface area contributed by atoms with E-state index in [0.29, 0.717) is 10.8 Å². The molecule has 1 heterocycles. The fourth-order valence-electron chi connectivity index (χ4n) is 0.877. The number of hydrogen-bond acceptors (Lipinski definition) is 3. The van der Waals surface area contributed by atoms with Crippen LogP contribution in [0.5, 0.6) is 0 Å². The average Bonchev–Trinajstić information content (AvgIpc) is 2.23. The first-order chi connectivity index (χ1) is 6.74. The van der Waals surface area contributed by atoms with Gasteiger partial charge in [-0.25, -0.2) is 4.98 Å². The number of pyridine rings is 1. The van der Waals surface area contributed by atoms with Crippen molar-refractivity contribution < 1.29 is 0 Å². The van der Waals surface area contributed by atoms with Gasteiger partial charge in [-0.1, -0.05) is 32.4 Å². The highest BCUT2D eigenvalue weighted by atomic mass is 35.5. The zero-order valence-electron chi connectivity index (χ0n) is 8.97. The van der Waals surface area contributed by atoms with Crippen LogP contribution in [0.4, 0.5) is 5.69 Å². The van der Waals surface area contributed by atoms with Gasteiger partial charge in [0.25, 0.3) is 0 Å². The van der Waals surface area contributed by atoms with Crippen LogP contribution in [0.25, 0.3) is 0 Å². The van der Waals surface area contributed by atoms with Gasteiger partial charge in [-0.2, -0.15) is 0 Å². The maximum Gasteiger partial charge on any atom is 0.151 e. The average molecular weight is 216 g/mol. The predicted octanol–water partition coefficient (Wildman–Crippen LogP) is 2.45. The number of rotatable bonds is 3. The summed E-state index contributed by atoms with van der Waals surface area (Å²) in [6.07, 6.45) is 1.72. The van der Waals surface area contributed by atoms with Crippen LogP contribution in [-0.4, -0.2) is 11.5 Å². The Balaban J connectivity index is 0.000000791. The van der Waals surface area contributed by atoms with Crippen molar-refractivity contribution in [3.8, 4) is 0 Å². The Kier molecular flexibility index (Phi) is 7.16. The highest BCUT2D eigenvalue weighted by Gasteiger charge is 1.98. The molecule has 0 aromatic carbocycles. The third kappa shape index (κ3) is 4.44. The summed E-state index contributed by atoms with van der Waals surface area (Å²) in [5.41, 5.74) is 7.16. The molecule has 0 amide bonds. The summed E-state index contributed by atoms with van der Waals surface area (Å²) in [7, 11) is 0. The van der Waals surface area contributed by atoms with Gasteiger partial charge in [-0.05, 0) is 18.2 Å². The van der Waals surface area contributed by atoms with Gasteiger partial charge >= 0.3 is 0 Å². The molecular weight excluding hydrogens is 198 g/mol. The Morgan fingerprint density at radius 1 is 1.50 bits per heavy atom. The highest BCUT2D eigenvalue weighted by molar-refractivity contribution is 6.31. The van der Waals surface area contributed by atoms with Crippen LogP contribution < -0.4 is 11.1 Å². The number of nitrogens with zero attached hydrogens (tertiary/aromatic N) is 1. The van der Waals surface area contributed by atoms with Crippen molar-refractivity contribution in [3.05, 3.63) is 23.0 Å². The smallest absolute Gasteiger partial charge is 0.151 e. The summed E-state index contributed by atoms with van der Waals surface area (Å²) in [6.45, 7) is 7.76. The second-order valence-electron chi connectivity index (χ2n) is 2.50. The fraction of sp³-hybridized carbons (Fsp3) is 0.500. The van der Waals surface area contributed by atoms with E-state index in [1.54, 1.807) is 6.20 Å². The van der Waals surface area contributed by atoms with Crippen molar-refractivity contribution in [3.63, 3.8) is 0 Å². The predicted molar refractivity (Wildman–Crippen MR) is 62.4 cm³/mol. The zero-order valence-corrected chi connectivity index (χ0v) is 9.73. The SMILES string of the molecule is CC.CCNCc1cnc(Cl)c(N)c1. The third-order valence-electron chi connectivity index (χ3n) is 1.50. The Labute approximate surface area is 90.7 Å². The zero-order chi connectivity index (χ0) is 11.0. The van der Waals surface area contributed by atoms with E-state index in [4.69, 9.17) is 17.3 Å². The molecule has 0 saturated heterocycles. The second kappa shape index (κ2) is 7.59. The van der Waals surface area contributed by atoms with Crippen molar-refractivity contribution in [2.75, 3.05) is 12.3 Å². The number of anilines is 1. The van der Waals surface area contributed by atoms with Gasteiger partial charge in [0, 0.05) is 12.7 Å². The largest absolute Gasteiger partial charge is 0.396 e. The molecule has 1 aromatic rings. The molecular formula is C10H18ClN3. The summed E-state index contributed by atoms with van der Waals surface area (Å²) in [5, 5.41) is 3.54. The summed E-state index contributed by atoms with van der Waals surface area (Å²) in [6, 6.07) is 1.83. The molecule has 0 atom stereocenters. The molecule has 0 radical (unpaired) electrons. The van der Waals surface area contributed by atoms with Gasteiger partial charge in [0.15, 0.2) is 5.15 Å². The quantitative estimate of drug-likeness (QED) is 0.762. The Hall–Kier alpha value is -0.800. The minimum atomic E-state index is 0.371. The van der Waals surface area contributed by atoms with Crippen molar-refractivity contribution in [1.29, 1.82) is 0 Å². The van der Waals surface area contributed by atoms with Crippen LogP contribution in [0.1, 0.15) is 26.3 Å². The first kappa shape index (κ1) is 13.2. The van der Waals surface area contributed by atoms with Crippen LogP contribution in [0.2, 0.25) is 5.15 Å². The first-order valence-corrected chi connectivity index (χ1v) is 5.22. The number of nitrogens with two attached hydrogens (primary N) is 1. The minimum absolute atomic E-state index is 0.371. The van der Waals surface area contributed by atoms with Crippen LogP contribution in [0, 0.1) is 0 Å². The maximum absolute atomic E-state index is 5.66. The molecule has 0 unspecified atom stereocenters. The van der Waals surface area contributed by atoms with Crippen molar-refractivity contribution in [2.24, 2.45) is 0 Å². The molecule has 3 nitrogen and oxygen atoms in total. The van der Waals surface area contributed by atoms with Crippen LogP contribution in [0.3, 0.4) is 0 Å². The Morgan fingerprint density at radius 2 is 2.14 bits per heavy atom. The van der Waals surface area contributed by atoms with E-state index in [-0.39, 0.29) is 0 Å². The first-order valence-electron chi connectivity index (χ1n) is 4.84. The van der Waals surface area contributed by atoms with Crippen molar-refractivity contribution in [1.82, 2.24) is 10.3 Å². The number of nitrogen functional groups attached to an aromatic ring is 1. The number of hydrogen-bond donors (Lipinski definition) is 2. The summed E-state index contributed by atoms with van der Waals surface area (Å²) < 4.78 is 0. The minimum Gasteiger partial charge on any atom is -0.396 e. The molecule has 0 bridgehead atoms. The Morgan fingerprint density at radius 3 is 2.64 bits per heavy atom. The normalized spacial score (nSPS) is 9.14. The molecule has 0 fully saturated rings. The van der Waals surface area contributed by atoms with E-state index in [1.165, 1.54) is 0 Å². The maximum atomic E-state index is 5.66. The van der Waals surface area contributed by atoms with Crippen molar-refractivity contribution >= 4 is 17.3 Å². The van der Waals surface area contributed by atoms with Gasteiger partial charge in [-0.3, -0.25) is 0 Å². The van der Waals surface area contributed by atoms with Gasteiger partial charge in [0.05, 0.1) is 5.69 Å². The molecule has 1 rings (SSSR count). The van der Waals surface area contributed by atoms with E-state index in [0.717, 1.165) is 18.7 Å². The number of nitrogens with one attached hydrogen (secondary N) is 1. The van der Waals surface area contributed by atoms with Gasteiger partial charge in [0.2, 0.25) is 0 Å². The topological polar surface area (TPSA) is 50.9 Å². The van der Waals surface area contributed by atoms with Crippen LogP contribution in [0.15, 0.2) is 12.3 Å². The molecule has 0 aliphatic carbocycles. The monoisotopic (exact) mass is 215 g/mol. The summed E-state index contributed by atoms with van der Waals surface area (Å²) in [4.78, 5) is 3.93. The van der Waals surface area contributed by atoms with E-state index in [1.807, 2.05) is 26.8 Å². The lowest BCUT2D eigenvalue weighted by atomic mass is 10.2. The lowest BCUT2D eigenvalue weighted by molar-refractivity contribution is 0.725. The molecule has 0 aliphatic rings. The number of halogens is 1. The molecule has 1 aromatic heterocycles. The van der Waals surface area contributed by atoms with Gasteiger partial charge in [-0.15, -0.1) is 0 Å². The van der Waals surface area contributed by atoms with E-state index >= 15 is 0 Å². The molecule has 4 heteroatoms. The van der Waals surface area contributed by atoms with Crippen LogP contribution >= 0.6 is 11.6 Å². The fourth-order valence-corrected chi connectivity index (χ4v) is 0.980. The lowest BCUT2D eigenvalue weighted by Gasteiger charge is -2.03. The van der Waals surface area contributed by atoms with E-state index in [2.05, 4.69) is 10.3 Å². The van der Waals surface area contributed by atoms with Crippen LogP contribution in [-0.2, 0) is 6.54 Å². The molecule has 3 N–H and O–H groups in total. The Bertz CT molecular complexity index is 264. The molecule has 14 heavy (non-hydrogen) atoms. The summed E-state index contributed by atoms with van der Waals surface area (Å²) >= 11 is 5.66. The van der Waals surface area contributed by atoms with Gasteiger partial charge < -0.3 is 11.1 Å².